The first-order chi connectivity index (χ1) is 9.73. The van der Waals surface area contributed by atoms with Crippen molar-refractivity contribution in [3.63, 3.8) is 0 Å². The summed E-state index contributed by atoms with van der Waals surface area (Å²) in [7, 11) is 0. The van der Waals surface area contributed by atoms with Crippen LogP contribution in [0.2, 0.25) is 0 Å². The molecule has 1 saturated carbocycles. The SMILES string of the molecule is CC(=O)OC1CC2(OC(C)=O)CC(OC2=O)C1OC(C)=O. The first-order valence-electron chi connectivity index (χ1n) is 6.48. The van der Waals surface area contributed by atoms with Gasteiger partial charge in [0.15, 0.2) is 6.10 Å². The third-order valence-corrected chi connectivity index (χ3v) is 3.38. The summed E-state index contributed by atoms with van der Waals surface area (Å²) in [5.41, 5.74) is -1.48. The lowest BCUT2D eigenvalue weighted by Gasteiger charge is -2.36. The Morgan fingerprint density at radius 3 is 2.19 bits per heavy atom. The molecule has 0 radical (unpaired) electrons. The smallest absolute Gasteiger partial charge is 0.351 e. The largest absolute Gasteiger partial charge is 0.458 e. The third kappa shape index (κ3) is 2.98. The fourth-order valence-corrected chi connectivity index (χ4v) is 2.79. The normalized spacial score (nSPS) is 33.9. The number of hydrogen-bond acceptors (Lipinski definition) is 8. The molecule has 1 saturated heterocycles. The van der Waals surface area contributed by atoms with Crippen LogP contribution in [0.1, 0.15) is 33.6 Å². The Bertz CT molecular complexity index is 498. The zero-order chi connectivity index (χ0) is 15.8. The average molecular weight is 300 g/mol. The summed E-state index contributed by atoms with van der Waals surface area (Å²) in [5.74, 6) is -2.53. The van der Waals surface area contributed by atoms with Crippen LogP contribution in [0, 0.1) is 0 Å². The molecule has 0 aromatic carbocycles. The molecule has 1 aliphatic carbocycles. The molecule has 1 heterocycles. The minimum atomic E-state index is -1.48. The molecular formula is C13H16O8. The van der Waals surface area contributed by atoms with E-state index in [2.05, 4.69) is 0 Å². The zero-order valence-corrected chi connectivity index (χ0v) is 11.9. The van der Waals surface area contributed by atoms with Crippen LogP contribution in [0.25, 0.3) is 0 Å². The van der Waals surface area contributed by atoms with Crippen molar-refractivity contribution in [1.29, 1.82) is 0 Å². The van der Waals surface area contributed by atoms with Crippen LogP contribution in [-0.4, -0.2) is 47.8 Å². The molecule has 0 aromatic heterocycles. The zero-order valence-electron chi connectivity index (χ0n) is 11.9. The maximum atomic E-state index is 12.0. The van der Waals surface area contributed by atoms with Crippen molar-refractivity contribution in [2.24, 2.45) is 0 Å². The lowest BCUT2D eigenvalue weighted by molar-refractivity contribution is -0.187. The topological polar surface area (TPSA) is 105 Å². The van der Waals surface area contributed by atoms with Gasteiger partial charge in [0.2, 0.25) is 5.60 Å². The van der Waals surface area contributed by atoms with Gasteiger partial charge in [-0.2, -0.15) is 0 Å². The summed E-state index contributed by atoms with van der Waals surface area (Å²) in [6, 6.07) is 0. The van der Waals surface area contributed by atoms with Crippen LogP contribution in [0.3, 0.4) is 0 Å². The highest BCUT2D eigenvalue weighted by atomic mass is 16.6. The Morgan fingerprint density at radius 1 is 1.05 bits per heavy atom. The van der Waals surface area contributed by atoms with Crippen molar-refractivity contribution < 1.29 is 38.1 Å². The molecule has 2 rings (SSSR count). The molecule has 8 nitrogen and oxygen atoms in total. The van der Waals surface area contributed by atoms with Crippen LogP contribution in [0.4, 0.5) is 0 Å². The number of hydrogen-bond donors (Lipinski definition) is 0. The number of esters is 4. The Kier molecular flexibility index (Phi) is 3.89. The molecule has 2 aliphatic rings. The Hall–Kier alpha value is -2.12. The monoisotopic (exact) mass is 300 g/mol. The lowest BCUT2D eigenvalue weighted by Crippen LogP contribution is -2.53. The first-order valence-corrected chi connectivity index (χ1v) is 6.48. The molecule has 116 valence electrons. The predicted octanol–water partition coefficient (Wildman–Crippen LogP) is -0.129. The Morgan fingerprint density at radius 2 is 1.67 bits per heavy atom. The van der Waals surface area contributed by atoms with Gasteiger partial charge < -0.3 is 18.9 Å². The molecule has 0 spiro atoms. The van der Waals surface area contributed by atoms with E-state index in [0.717, 1.165) is 0 Å². The van der Waals surface area contributed by atoms with Gasteiger partial charge in [0, 0.05) is 33.6 Å². The second-order valence-electron chi connectivity index (χ2n) is 5.16. The van der Waals surface area contributed by atoms with Gasteiger partial charge in [-0.1, -0.05) is 0 Å². The van der Waals surface area contributed by atoms with Gasteiger partial charge in [0.25, 0.3) is 0 Å². The van der Waals surface area contributed by atoms with E-state index in [0.29, 0.717) is 0 Å². The maximum Gasteiger partial charge on any atom is 0.351 e. The van der Waals surface area contributed by atoms with E-state index in [1.165, 1.54) is 20.8 Å². The minimum absolute atomic E-state index is 0.0706. The summed E-state index contributed by atoms with van der Waals surface area (Å²) in [4.78, 5) is 45.6. The van der Waals surface area contributed by atoms with E-state index >= 15 is 0 Å². The Balaban J connectivity index is 2.28. The third-order valence-electron chi connectivity index (χ3n) is 3.38. The minimum Gasteiger partial charge on any atom is -0.458 e. The van der Waals surface area contributed by atoms with Gasteiger partial charge in [-0.3, -0.25) is 14.4 Å². The van der Waals surface area contributed by atoms with Gasteiger partial charge in [-0.25, -0.2) is 4.79 Å². The van der Waals surface area contributed by atoms with Gasteiger partial charge in [0.05, 0.1) is 0 Å². The molecule has 4 atom stereocenters. The van der Waals surface area contributed by atoms with E-state index in [-0.39, 0.29) is 12.8 Å². The lowest BCUT2D eigenvalue weighted by atomic mass is 9.81. The van der Waals surface area contributed by atoms with Crippen LogP contribution in [0.15, 0.2) is 0 Å². The number of ether oxygens (including phenoxy) is 4. The number of rotatable bonds is 3. The summed E-state index contributed by atoms with van der Waals surface area (Å²) in [6.07, 6.45) is -2.64. The summed E-state index contributed by atoms with van der Waals surface area (Å²) in [6.45, 7) is 3.58. The van der Waals surface area contributed by atoms with E-state index < -0.39 is 47.8 Å². The van der Waals surface area contributed by atoms with Crippen molar-refractivity contribution >= 4 is 23.9 Å². The summed E-state index contributed by atoms with van der Waals surface area (Å²) >= 11 is 0. The van der Waals surface area contributed by atoms with Crippen LogP contribution in [-0.2, 0) is 38.1 Å². The molecule has 8 heteroatoms. The second kappa shape index (κ2) is 5.34. The highest BCUT2D eigenvalue weighted by Gasteiger charge is 2.63. The van der Waals surface area contributed by atoms with E-state index in [9.17, 15) is 19.2 Å². The molecule has 0 aromatic rings. The highest BCUT2D eigenvalue weighted by molar-refractivity contribution is 5.85. The highest BCUT2D eigenvalue weighted by Crippen LogP contribution is 2.43. The first kappa shape index (κ1) is 15.3. The van der Waals surface area contributed by atoms with E-state index in [1.807, 2.05) is 0 Å². The van der Waals surface area contributed by atoms with Crippen molar-refractivity contribution in [2.45, 2.75) is 57.5 Å². The molecule has 21 heavy (non-hydrogen) atoms. The number of carbonyl (C=O) groups is 4. The molecule has 4 unspecified atom stereocenters. The van der Waals surface area contributed by atoms with Crippen molar-refractivity contribution in [3.8, 4) is 0 Å². The van der Waals surface area contributed by atoms with Crippen molar-refractivity contribution in [3.05, 3.63) is 0 Å². The van der Waals surface area contributed by atoms with Crippen LogP contribution < -0.4 is 0 Å². The predicted molar refractivity (Wildman–Crippen MR) is 64.7 cm³/mol. The van der Waals surface area contributed by atoms with Gasteiger partial charge in [-0.05, 0) is 0 Å². The molecule has 0 amide bonds. The summed E-state index contributed by atoms with van der Waals surface area (Å²) < 4.78 is 20.4. The van der Waals surface area contributed by atoms with Crippen molar-refractivity contribution in [2.75, 3.05) is 0 Å². The molecule has 2 fully saturated rings. The molecule has 1 aliphatic heterocycles. The van der Waals surface area contributed by atoms with Crippen molar-refractivity contribution in [1.82, 2.24) is 0 Å². The molecular weight excluding hydrogens is 284 g/mol. The number of carbonyl (C=O) groups excluding carboxylic acids is 4. The standard InChI is InChI=1S/C13H16O8/c1-6(14)18-9-4-13(21-8(3)16)5-10(20-12(13)17)11(9)19-7(2)15/h9-11H,4-5H2,1-3H3. The number of fused-ring (bicyclic) bond motifs is 2. The van der Waals surface area contributed by atoms with Gasteiger partial charge in [0.1, 0.15) is 12.2 Å². The quantitative estimate of drug-likeness (QED) is 0.524. The van der Waals surface area contributed by atoms with Crippen LogP contribution >= 0.6 is 0 Å². The Labute approximate surface area is 120 Å². The fraction of sp³-hybridized carbons (Fsp3) is 0.692. The fourth-order valence-electron chi connectivity index (χ4n) is 2.79. The van der Waals surface area contributed by atoms with Gasteiger partial charge >= 0.3 is 23.9 Å². The molecule has 0 N–H and O–H groups in total. The van der Waals surface area contributed by atoms with Crippen LogP contribution in [0.5, 0.6) is 0 Å². The average Bonchev–Trinajstić information content (AvgIpc) is 2.56. The molecule has 2 bridgehead atoms. The van der Waals surface area contributed by atoms with E-state index in [4.69, 9.17) is 18.9 Å². The summed E-state index contributed by atoms with van der Waals surface area (Å²) in [5, 5.41) is 0. The maximum absolute atomic E-state index is 12.0. The second-order valence-corrected chi connectivity index (χ2v) is 5.16. The van der Waals surface area contributed by atoms with Gasteiger partial charge in [-0.15, -0.1) is 0 Å². The van der Waals surface area contributed by atoms with E-state index in [1.54, 1.807) is 0 Å².